The van der Waals surface area contributed by atoms with E-state index in [1.807, 2.05) is 33.8 Å². The van der Waals surface area contributed by atoms with Crippen LogP contribution in [0, 0.1) is 18.7 Å². The second-order valence-corrected chi connectivity index (χ2v) is 15.4. The van der Waals surface area contributed by atoms with E-state index in [9.17, 15) is 13.2 Å². The Morgan fingerprint density at radius 2 is 1.83 bits per heavy atom. The molecule has 0 radical (unpaired) electrons. The fourth-order valence-electron chi connectivity index (χ4n) is 5.75. The molecule has 0 spiro atoms. The molecule has 1 saturated carbocycles. The highest BCUT2D eigenvalue weighted by Crippen LogP contribution is 2.40. The van der Waals surface area contributed by atoms with Crippen LogP contribution < -0.4 is 14.8 Å². The third-order valence-electron chi connectivity index (χ3n) is 8.35. The minimum absolute atomic E-state index is 0.0570. The highest BCUT2D eigenvalue weighted by Gasteiger charge is 2.29. The average molecular weight is 677 g/mol. The molecule has 1 amide bonds. The zero-order chi connectivity index (χ0) is 34.1. The van der Waals surface area contributed by atoms with Crippen molar-refractivity contribution in [2.45, 2.75) is 71.4 Å². The first-order chi connectivity index (χ1) is 22.8. The molecule has 1 atom stereocenters. The maximum atomic E-state index is 15.1. The van der Waals surface area contributed by atoms with Gasteiger partial charge in [-0.1, -0.05) is 25.0 Å². The number of aromatic nitrogens is 3. The molecule has 3 heterocycles. The van der Waals surface area contributed by atoms with Crippen molar-refractivity contribution in [3.63, 3.8) is 0 Å². The van der Waals surface area contributed by atoms with E-state index in [4.69, 9.17) is 14.5 Å². The van der Waals surface area contributed by atoms with Gasteiger partial charge in [-0.25, -0.2) is 32.6 Å². The van der Waals surface area contributed by atoms with Crippen molar-refractivity contribution in [3.8, 4) is 22.9 Å². The van der Waals surface area contributed by atoms with E-state index in [1.165, 1.54) is 6.07 Å². The third kappa shape index (κ3) is 8.12. The minimum atomic E-state index is -3.75. The number of aryl methyl sites for hydroxylation is 1. The molecular formula is C35H41FN6O5S. The van der Waals surface area contributed by atoms with Gasteiger partial charge in [0.25, 0.3) is 0 Å². The summed E-state index contributed by atoms with van der Waals surface area (Å²) >= 11 is 0. The summed E-state index contributed by atoms with van der Waals surface area (Å²) in [6.45, 7) is 8.49. The van der Waals surface area contributed by atoms with Crippen molar-refractivity contribution in [2.75, 3.05) is 28.9 Å². The van der Waals surface area contributed by atoms with Crippen LogP contribution in [0.15, 0.2) is 54.9 Å². The van der Waals surface area contributed by atoms with Crippen molar-refractivity contribution in [3.05, 3.63) is 66.2 Å². The van der Waals surface area contributed by atoms with Gasteiger partial charge in [-0.05, 0) is 88.8 Å². The fourth-order valence-corrected chi connectivity index (χ4v) is 7.01. The summed E-state index contributed by atoms with van der Waals surface area (Å²) in [4.78, 5) is 28.0. The molecule has 13 heteroatoms. The van der Waals surface area contributed by atoms with Crippen LogP contribution in [0.4, 0.5) is 20.8 Å². The smallest absolute Gasteiger partial charge is 0.410 e. The number of benzene rings is 2. The van der Waals surface area contributed by atoms with Gasteiger partial charge in [-0.15, -0.1) is 0 Å². The number of hydrogen-bond acceptors (Lipinski definition) is 9. The lowest BCUT2D eigenvalue weighted by Crippen LogP contribution is -2.47. The van der Waals surface area contributed by atoms with Gasteiger partial charge in [0.2, 0.25) is 21.9 Å². The predicted molar refractivity (Wildman–Crippen MR) is 183 cm³/mol. The molecule has 2 aliphatic rings. The number of hydrogen-bond donors (Lipinski definition) is 2. The van der Waals surface area contributed by atoms with Crippen molar-refractivity contribution in [2.24, 2.45) is 5.92 Å². The topological polar surface area (TPSA) is 136 Å². The lowest BCUT2D eigenvalue weighted by atomic mass is 10.0. The van der Waals surface area contributed by atoms with Gasteiger partial charge in [0.15, 0.2) is 0 Å². The number of rotatable bonds is 10. The molecule has 2 fully saturated rings. The Morgan fingerprint density at radius 3 is 2.60 bits per heavy atom. The Kier molecular flexibility index (Phi) is 9.41. The largest absolute Gasteiger partial charge is 0.444 e. The van der Waals surface area contributed by atoms with Gasteiger partial charge in [-0.3, -0.25) is 4.72 Å². The number of nitrogens with zero attached hydrogens (tertiary/aromatic N) is 4. The van der Waals surface area contributed by atoms with Crippen LogP contribution in [0.1, 0.15) is 58.4 Å². The molecule has 48 heavy (non-hydrogen) atoms. The number of ether oxygens (including phenoxy) is 2. The first kappa shape index (κ1) is 33.4. The number of carbonyl (C=O) groups is 1. The molecule has 254 valence electrons. The average Bonchev–Trinajstić information content (AvgIpc) is 3.87. The molecule has 11 nitrogen and oxygen atoms in total. The molecule has 4 aromatic rings. The molecule has 0 unspecified atom stereocenters. The van der Waals surface area contributed by atoms with E-state index in [2.05, 4.69) is 20.0 Å². The number of pyridine rings is 1. The summed E-state index contributed by atoms with van der Waals surface area (Å²) in [6.07, 6.45) is 7.19. The van der Waals surface area contributed by atoms with Gasteiger partial charge in [0, 0.05) is 42.3 Å². The molecule has 1 aliphatic carbocycles. The number of piperidine rings is 1. The second kappa shape index (κ2) is 13.5. The second-order valence-electron chi connectivity index (χ2n) is 13.5. The van der Waals surface area contributed by atoms with Crippen LogP contribution in [0.5, 0.6) is 11.6 Å². The first-order valence-corrected chi connectivity index (χ1v) is 17.9. The van der Waals surface area contributed by atoms with Crippen LogP contribution in [-0.2, 0) is 14.8 Å². The van der Waals surface area contributed by atoms with Gasteiger partial charge >= 0.3 is 6.09 Å². The first-order valence-electron chi connectivity index (χ1n) is 16.3. The van der Waals surface area contributed by atoms with Crippen LogP contribution in [0.2, 0.25) is 0 Å². The van der Waals surface area contributed by atoms with Crippen LogP contribution in [-0.4, -0.2) is 64.8 Å². The summed E-state index contributed by atoms with van der Waals surface area (Å²) in [7, 11) is -3.75. The predicted octanol–water partition coefficient (Wildman–Crippen LogP) is 7.28. The molecule has 2 aromatic heterocycles. The molecule has 6 rings (SSSR count). The number of carbonyl (C=O) groups excluding carboxylic acids is 1. The van der Waals surface area contributed by atoms with Crippen LogP contribution in [0.25, 0.3) is 22.0 Å². The van der Waals surface area contributed by atoms with Gasteiger partial charge in [0.1, 0.15) is 17.2 Å². The Morgan fingerprint density at radius 1 is 1.04 bits per heavy atom. The normalized spacial score (nSPS) is 16.9. The van der Waals surface area contributed by atoms with E-state index in [0.29, 0.717) is 59.2 Å². The lowest BCUT2D eigenvalue weighted by Gasteiger charge is -2.34. The van der Waals surface area contributed by atoms with Gasteiger partial charge < -0.3 is 19.7 Å². The van der Waals surface area contributed by atoms with Crippen molar-refractivity contribution >= 4 is 38.5 Å². The zero-order valence-corrected chi connectivity index (χ0v) is 28.4. The number of amides is 1. The van der Waals surface area contributed by atoms with Gasteiger partial charge in [0.05, 0.1) is 22.7 Å². The van der Waals surface area contributed by atoms with Gasteiger partial charge in [-0.2, -0.15) is 0 Å². The molecule has 1 saturated heterocycles. The fraction of sp³-hybridized carbons (Fsp3) is 0.429. The summed E-state index contributed by atoms with van der Waals surface area (Å²) < 4.78 is 55.3. The van der Waals surface area contributed by atoms with E-state index in [-0.39, 0.29) is 29.5 Å². The summed E-state index contributed by atoms with van der Waals surface area (Å²) in [5.41, 5.74) is 1.23. The lowest BCUT2D eigenvalue weighted by molar-refractivity contribution is 0.0206. The number of likely N-dealkylation sites (tertiary alicyclic amines) is 1. The van der Waals surface area contributed by atoms with E-state index >= 15 is 4.39 Å². The maximum absolute atomic E-state index is 15.1. The standard InChI is InChI=1S/C35H41FN6O5S/c1-22-9-12-25-26(13-14-28(36)30(25)41-48(44,45)20-16-23-10-11-23)31(22)46-32-27(8-5-17-37-32)29-15-18-38-33(40-29)39-24-7-6-19-42(21-24)34(43)47-35(2,3)4/h5,8-9,12-15,17-18,23-24,41H,6-7,10-11,16,19-21H2,1-4H3,(H,38,39,40)/t24-/m0/s1. The molecule has 0 bridgehead atoms. The number of fused-ring (bicyclic) bond motifs is 1. The van der Waals surface area contributed by atoms with Crippen molar-refractivity contribution < 1.29 is 27.1 Å². The third-order valence-corrected chi connectivity index (χ3v) is 9.64. The van der Waals surface area contributed by atoms with Crippen LogP contribution >= 0.6 is 0 Å². The Hall–Kier alpha value is -4.52. The van der Waals surface area contributed by atoms with Crippen LogP contribution in [0.3, 0.4) is 0 Å². The molecule has 2 aromatic carbocycles. The summed E-state index contributed by atoms with van der Waals surface area (Å²) in [6, 6.07) is 11.6. The van der Waals surface area contributed by atoms with E-state index in [0.717, 1.165) is 31.2 Å². The highest BCUT2D eigenvalue weighted by molar-refractivity contribution is 7.92. The SMILES string of the molecule is Cc1ccc2c(NS(=O)(=O)CCC3CC3)c(F)ccc2c1Oc1ncccc1-c1ccnc(N[C@H]2CCCN(C(=O)OC(C)(C)C)C2)n1. The molecule has 1 aliphatic heterocycles. The quantitative estimate of drug-likeness (QED) is 0.178. The molecule has 2 N–H and O–H groups in total. The number of nitrogens with one attached hydrogen (secondary N) is 2. The number of sulfonamides is 1. The van der Waals surface area contributed by atoms with Crippen molar-refractivity contribution in [1.82, 2.24) is 19.9 Å². The maximum Gasteiger partial charge on any atom is 0.410 e. The molecular weight excluding hydrogens is 635 g/mol. The van der Waals surface area contributed by atoms with E-state index < -0.39 is 21.4 Å². The zero-order valence-electron chi connectivity index (χ0n) is 27.6. The van der Waals surface area contributed by atoms with E-state index in [1.54, 1.807) is 47.6 Å². The Labute approximate surface area is 280 Å². The Balaban J connectivity index is 1.24. The summed E-state index contributed by atoms with van der Waals surface area (Å²) in [5.74, 6) is 0.786. The van der Waals surface area contributed by atoms with Crippen molar-refractivity contribution in [1.29, 1.82) is 0 Å². The highest BCUT2D eigenvalue weighted by atomic mass is 32.2. The summed E-state index contributed by atoms with van der Waals surface area (Å²) in [5, 5.41) is 4.28. The monoisotopic (exact) mass is 676 g/mol. The minimum Gasteiger partial charge on any atom is -0.444 e. The number of anilines is 2. The Bertz CT molecular complexity index is 1930. The number of halogens is 1.